The molecular formula is C29H23F6N5O4. The minimum absolute atomic E-state index is 0.0393. The van der Waals surface area contributed by atoms with E-state index in [1.807, 2.05) is 0 Å². The summed E-state index contributed by atoms with van der Waals surface area (Å²) in [5, 5.41) is 21.7. The number of nitro groups is 1. The van der Waals surface area contributed by atoms with Gasteiger partial charge in [0.15, 0.2) is 0 Å². The summed E-state index contributed by atoms with van der Waals surface area (Å²) in [4.78, 5) is 14.6. The number of anilines is 1. The number of alkyl halides is 6. The minimum Gasteiger partial charge on any atom is -0.415 e. The Kier molecular flexibility index (Phi) is 8.41. The van der Waals surface area contributed by atoms with Crippen molar-refractivity contribution in [3.8, 4) is 11.6 Å². The number of fused-ring (bicyclic) bond motifs is 5. The van der Waals surface area contributed by atoms with E-state index in [4.69, 9.17) is 9.15 Å². The number of pyridine rings is 1. The van der Waals surface area contributed by atoms with Gasteiger partial charge in [-0.3, -0.25) is 10.1 Å². The van der Waals surface area contributed by atoms with Gasteiger partial charge in [0.2, 0.25) is 11.3 Å². The van der Waals surface area contributed by atoms with Gasteiger partial charge in [-0.05, 0) is 30.4 Å². The minimum atomic E-state index is -5.12. The monoisotopic (exact) mass is 619 g/mol. The summed E-state index contributed by atoms with van der Waals surface area (Å²) < 4.78 is 98.0. The molecule has 0 amide bonds. The molecule has 2 aromatic heterocycles. The van der Waals surface area contributed by atoms with Crippen LogP contribution in [-0.4, -0.2) is 26.3 Å². The third-order valence-electron chi connectivity index (χ3n) is 6.98. The van der Waals surface area contributed by atoms with E-state index in [-0.39, 0.29) is 18.9 Å². The molecule has 0 saturated heterocycles. The van der Waals surface area contributed by atoms with Gasteiger partial charge in [-0.2, -0.15) is 26.3 Å². The zero-order valence-corrected chi connectivity index (χ0v) is 22.6. The summed E-state index contributed by atoms with van der Waals surface area (Å²) in [6.45, 7) is -0.509. The number of benzene rings is 2. The Morgan fingerprint density at radius 2 is 1.68 bits per heavy atom. The van der Waals surface area contributed by atoms with Crippen LogP contribution >= 0.6 is 0 Å². The highest BCUT2D eigenvalue weighted by Gasteiger charge is 2.61. The number of nitrogens with one attached hydrogen (secondary N) is 1. The lowest BCUT2D eigenvalue weighted by Gasteiger charge is -2.32. The molecule has 0 fully saturated rings. The van der Waals surface area contributed by atoms with Gasteiger partial charge in [0.25, 0.3) is 11.8 Å². The fraction of sp³-hybridized carbons (Fsp3) is 0.276. The Balaban J connectivity index is 1.71. The molecule has 0 spiro atoms. The van der Waals surface area contributed by atoms with Crippen LogP contribution < -0.4 is 5.32 Å². The normalized spacial score (nSPS) is 19.9. The molecule has 0 aliphatic carbocycles. The number of nitrogens with zero attached hydrogens (tertiary/aromatic N) is 4. The first-order valence-electron chi connectivity index (χ1n) is 13.2. The van der Waals surface area contributed by atoms with Gasteiger partial charge < -0.3 is 14.5 Å². The third-order valence-corrected chi connectivity index (χ3v) is 6.98. The number of hydrogen-bond acceptors (Lipinski definition) is 8. The molecule has 1 aliphatic rings. The van der Waals surface area contributed by atoms with Crippen molar-refractivity contribution in [1.82, 2.24) is 15.2 Å². The topological polar surface area (TPSA) is 116 Å². The zero-order valence-electron chi connectivity index (χ0n) is 22.6. The maximum atomic E-state index is 14.9. The van der Waals surface area contributed by atoms with Gasteiger partial charge in [0.05, 0.1) is 17.6 Å². The first-order chi connectivity index (χ1) is 20.9. The predicted octanol–water partition coefficient (Wildman–Crippen LogP) is 7.93. The van der Waals surface area contributed by atoms with Crippen LogP contribution in [0.2, 0.25) is 0 Å². The van der Waals surface area contributed by atoms with Crippen molar-refractivity contribution in [3.63, 3.8) is 0 Å². The van der Waals surface area contributed by atoms with Crippen LogP contribution in [0.4, 0.5) is 37.8 Å². The average molecular weight is 620 g/mol. The Hall–Kier alpha value is -4.79. The average Bonchev–Trinajstić information content (AvgIpc) is 3.47. The molecule has 15 heteroatoms. The van der Waals surface area contributed by atoms with Gasteiger partial charge in [0.1, 0.15) is 11.4 Å². The van der Waals surface area contributed by atoms with Crippen molar-refractivity contribution in [2.75, 3.05) is 5.32 Å². The Bertz CT molecular complexity index is 1640. The zero-order chi connectivity index (χ0) is 31.5. The number of rotatable bonds is 5. The molecule has 2 atom stereocenters. The first kappa shape index (κ1) is 30.7. The lowest BCUT2D eigenvalue weighted by Crippen LogP contribution is -2.45. The maximum Gasteiger partial charge on any atom is 0.426 e. The lowest BCUT2D eigenvalue weighted by molar-refractivity contribution is -0.384. The molecule has 2 aromatic carbocycles. The smallest absolute Gasteiger partial charge is 0.415 e. The fourth-order valence-corrected chi connectivity index (χ4v) is 4.74. The second-order valence-corrected chi connectivity index (χ2v) is 9.87. The van der Waals surface area contributed by atoms with Crippen molar-refractivity contribution in [2.45, 2.75) is 49.9 Å². The summed E-state index contributed by atoms with van der Waals surface area (Å²) in [5.74, 6) is -2.77. The number of halogens is 6. The highest BCUT2D eigenvalue weighted by atomic mass is 19.4. The number of hydrogen-bond donors (Lipinski definition) is 1. The fourth-order valence-electron chi connectivity index (χ4n) is 4.74. The Labute approximate surface area is 245 Å². The van der Waals surface area contributed by atoms with Crippen LogP contribution in [0, 0.1) is 10.1 Å². The standard InChI is InChI=1S/C29H23F6N5O4/c30-28(31,32)20-16-22(40(41)42)23-25-38-39-26(44-25)27(29(33,34)35,43-17-18-10-4-1-5-11-18)15-9-3-8-14-21(36-24(20)37-23)19-12-6-2-7-13-19/h1-8,10-13,16,21H,9,14-15,17H2,(H,36,37)/b8-3-. The van der Waals surface area contributed by atoms with Gasteiger partial charge in [-0.15, -0.1) is 10.2 Å². The molecule has 0 saturated carbocycles. The highest BCUT2D eigenvalue weighted by molar-refractivity contribution is 5.68. The lowest BCUT2D eigenvalue weighted by atomic mass is 9.95. The molecule has 3 heterocycles. The largest absolute Gasteiger partial charge is 0.426 e. The molecule has 4 aromatic rings. The molecule has 4 bridgehead atoms. The van der Waals surface area contributed by atoms with E-state index in [1.165, 1.54) is 12.2 Å². The van der Waals surface area contributed by atoms with Gasteiger partial charge in [-0.25, -0.2) is 4.98 Å². The summed E-state index contributed by atoms with van der Waals surface area (Å²) in [5.41, 5.74) is -5.71. The molecule has 2 unspecified atom stereocenters. The van der Waals surface area contributed by atoms with E-state index in [0.717, 1.165) is 0 Å². The van der Waals surface area contributed by atoms with Crippen LogP contribution in [0.15, 0.2) is 83.3 Å². The first-order valence-corrected chi connectivity index (χ1v) is 13.2. The van der Waals surface area contributed by atoms with Crippen LogP contribution in [0.3, 0.4) is 0 Å². The van der Waals surface area contributed by atoms with Crippen LogP contribution in [-0.2, 0) is 23.1 Å². The summed E-state index contributed by atoms with van der Waals surface area (Å²) >= 11 is 0. The van der Waals surface area contributed by atoms with E-state index >= 15 is 0 Å². The molecule has 0 radical (unpaired) electrons. The summed E-state index contributed by atoms with van der Waals surface area (Å²) in [6.07, 6.45) is -8.10. The summed E-state index contributed by atoms with van der Waals surface area (Å²) in [7, 11) is 0. The predicted molar refractivity (Wildman–Crippen MR) is 144 cm³/mol. The second-order valence-electron chi connectivity index (χ2n) is 9.87. The quantitative estimate of drug-likeness (QED) is 0.104. The Morgan fingerprint density at radius 1 is 1.00 bits per heavy atom. The van der Waals surface area contributed by atoms with Crippen LogP contribution in [0.5, 0.6) is 0 Å². The van der Waals surface area contributed by atoms with Gasteiger partial charge >= 0.3 is 18.0 Å². The number of allylic oxidation sites excluding steroid dienone is 1. The molecule has 5 rings (SSSR count). The van der Waals surface area contributed by atoms with E-state index in [0.29, 0.717) is 11.1 Å². The van der Waals surface area contributed by atoms with Crippen molar-refractivity contribution in [2.24, 2.45) is 0 Å². The van der Waals surface area contributed by atoms with Crippen molar-refractivity contribution in [3.05, 3.63) is 112 Å². The molecule has 9 nitrogen and oxygen atoms in total. The molecular weight excluding hydrogens is 596 g/mol. The van der Waals surface area contributed by atoms with Gasteiger partial charge in [0, 0.05) is 6.07 Å². The highest BCUT2D eigenvalue weighted by Crippen LogP contribution is 2.47. The third kappa shape index (κ3) is 6.27. The molecule has 44 heavy (non-hydrogen) atoms. The molecule has 1 N–H and O–H groups in total. The molecule has 230 valence electrons. The second kappa shape index (κ2) is 12.1. The number of ether oxygens (including phenoxy) is 1. The van der Waals surface area contributed by atoms with E-state index in [1.54, 1.807) is 60.7 Å². The molecule has 1 aliphatic heterocycles. The Morgan fingerprint density at radius 3 is 2.32 bits per heavy atom. The van der Waals surface area contributed by atoms with E-state index in [9.17, 15) is 36.5 Å². The maximum absolute atomic E-state index is 14.9. The summed E-state index contributed by atoms with van der Waals surface area (Å²) in [6, 6.07) is 15.7. The van der Waals surface area contributed by atoms with Crippen LogP contribution in [0.1, 0.15) is 47.9 Å². The van der Waals surface area contributed by atoms with Crippen molar-refractivity contribution < 1.29 is 40.4 Å². The number of aromatic nitrogens is 3. The van der Waals surface area contributed by atoms with Crippen molar-refractivity contribution >= 4 is 11.5 Å². The van der Waals surface area contributed by atoms with E-state index < -0.39 is 76.5 Å². The van der Waals surface area contributed by atoms with Crippen molar-refractivity contribution in [1.29, 1.82) is 0 Å². The van der Waals surface area contributed by atoms with Gasteiger partial charge in [-0.1, -0.05) is 72.8 Å². The SMILES string of the molecule is O=[N+]([O-])c1cc(C(F)(F)F)c2nc1-c1nnc(o1)C(OCc1ccccc1)(C(F)(F)F)CC/C=C\CC(c1ccccc1)N2. The van der Waals surface area contributed by atoms with E-state index in [2.05, 4.69) is 20.5 Å². The van der Waals surface area contributed by atoms with Crippen LogP contribution in [0.25, 0.3) is 11.6 Å².